The molecular weight excluding hydrogens is 527 g/mol. The summed E-state index contributed by atoms with van der Waals surface area (Å²) in [4.78, 5) is 20.8. The quantitative estimate of drug-likeness (QED) is 0.135. The minimum absolute atomic E-state index is 0.0690. The summed E-state index contributed by atoms with van der Waals surface area (Å²) in [7, 11) is -3.85. The summed E-state index contributed by atoms with van der Waals surface area (Å²) < 4.78 is 58.2. The van der Waals surface area contributed by atoms with Crippen LogP contribution in [0.2, 0.25) is 0 Å². The number of thiophene rings is 1. The van der Waals surface area contributed by atoms with Crippen LogP contribution in [0, 0.1) is 12.3 Å². The van der Waals surface area contributed by atoms with Crippen molar-refractivity contribution in [2.45, 2.75) is 27.8 Å². The molecule has 1 aromatic heterocycles. The standard InChI is InChI=1S/C19H17N3O3S3.C2HF3O2/c1-11-18(16(26)17(27-11)19(20)21)28(24,25)15-7-3-5-13(9-15)12-4-2-6-14(8-12)22-10-23;3-2(4,5)1(6)7/h2-10,26H,1H3,(H3,20,21)(H,22,23);(H,6,7). The third-order valence-electron chi connectivity index (χ3n) is 4.33. The number of rotatable bonds is 6. The molecule has 3 aromatic rings. The fraction of sp³-hybridized carbons (Fsp3) is 0.0952. The number of sulfone groups is 1. The average Bonchev–Trinajstić information content (AvgIpc) is 3.09. The van der Waals surface area contributed by atoms with Gasteiger partial charge in [-0.1, -0.05) is 24.3 Å². The summed E-state index contributed by atoms with van der Waals surface area (Å²) in [6.07, 6.45) is -4.50. The van der Waals surface area contributed by atoms with E-state index in [-0.39, 0.29) is 20.5 Å². The van der Waals surface area contributed by atoms with Gasteiger partial charge in [0.1, 0.15) is 5.84 Å². The summed E-state index contributed by atoms with van der Waals surface area (Å²) in [5.41, 5.74) is 7.60. The monoisotopic (exact) mass is 545 g/mol. The smallest absolute Gasteiger partial charge is 0.475 e. The lowest BCUT2D eigenvalue weighted by molar-refractivity contribution is -0.192. The van der Waals surface area contributed by atoms with E-state index in [0.717, 1.165) is 16.9 Å². The lowest BCUT2D eigenvalue weighted by atomic mass is 10.1. The molecule has 0 saturated heterocycles. The fourth-order valence-corrected chi connectivity index (χ4v) is 6.53. The normalized spacial score (nSPS) is 11.2. The van der Waals surface area contributed by atoms with E-state index in [1.807, 2.05) is 6.07 Å². The van der Waals surface area contributed by atoms with Gasteiger partial charge in [-0.05, 0) is 42.3 Å². The fourth-order valence-electron chi connectivity index (χ4n) is 2.83. The lowest BCUT2D eigenvalue weighted by Crippen LogP contribution is -2.21. The van der Waals surface area contributed by atoms with Crippen molar-refractivity contribution in [2.24, 2.45) is 5.73 Å². The Balaban J connectivity index is 0.000000540. The van der Waals surface area contributed by atoms with E-state index in [0.29, 0.717) is 27.4 Å². The van der Waals surface area contributed by atoms with E-state index in [1.54, 1.807) is 43.3 Å². The number of anilines is 1. The zero-order valence-electron chi connectivity index (χ0n) is 17.8. The highest BCUT2D eigenvalue weighted by atomic mass is 32.2. The Hall–Kier alpha value is -3.36. The number of amides is 1. The number of nitrogen functional groups attached to an aromatic ring is 1. The number of hydrogen-bond acceptors (Lipinski definition) is 7. The Kier molecular flexibility index (Phi) is 8.70. The molecule has 0 aliphatic carbocycles. The first-order chi connectivity index (χ1) is 16.2. The number of carbonyl (C=O) groups is 2. The van der Waals surface area contributed by atoms with Crippen LogP contribution in [0.3, 0.4) is 0 Å². The van der Waals surface area contributed by atoms with Crippen molar-refractivity contribution >= 4 is 57.7 Å². The number of carboxylic acid groups (broad SMARTS) is 1. The zero-order chi connectivity index (χ0) is 26.6. The molecule has 2 aromatic carbocycles. The van der Waals surface area contributed by atoms with Crippen LogP contribution in [0.5, 0.6) is 0 Å². The second kappa shape index (κ2) is 10.9. The van der Waals surface area contributed by atoms with E-state index in [9.17, 15) is 26.4 Å². The molecule has 0 spiro atoms. The molecule has 1 amide bonds. The van der Waals surface area contributed by atoms with Gasteiger partial charge in [-0.2, -0.15) is 13.2 Å². The Morgan fingerprint density at radius 2 is 1.71 bits per heavy atom. The number of nitrogens with one attached hydrogen (secondary N) is 2. The van der Waals surface area contributed by atoms with Gasteiger partial charge in [0.05, 0.1) is 14.7 Å². The molecule has 3 rings (SSSR count). The molecule has 0 aliphatic heterocycles. The first-order valence-corrected chi connectivity index (χ1v) is 12.1. The van der Waals surface area contributed by atoms with Gasteiger partial charge in [-0.15, -0.1) is 24.0 Å². The number of halogens is 3. The Bertz CT molecular complexity index is 1390. The van der Waals surface area contributed by atoms with Crippen LogP contribution in [-0.2, 0) is 19.4 Å². The van der Waals surface area contributed by atoms with E-state index in [2.05, 4.69) is 17.9 Å². The molecule has 5 N–H and O–H groups in total. The van der Waals surface area contributed by atoms with Gasteiger partial charge >= 0.3 is 12.1 Å². The van der Waals surface area contributed by atoms with E-state index >= 15 is 0 Å². The van der Waals surface area contributed by atoms with E-state index < -0.39 is 22.0 Å². The highest BCUT2D eigenvalue weighted by molar-refractivity contribution is 7.92. The first-order valence-electron chi connectivity index (χ1n) is 9.32. The molecule has 0 bridgehead atoms. The molecule has 186 valence electrons. The second-order valence-electron chi connectivity index (χ2n) is 6.76. The molecule has 0 unspecified atom stereocenters. The summed E-state index contributed by atoms with van der Waals surface area (Å²) >= 11 is 5.45. The topological polar surface area (TPSA) is 150 Å². The molecule has 35 heavy (non-hydrogen) atoms. The predicted octanol–water partition coefficient (Wildman–Crippen LogP) is 4.33. The first kappa shape index (κ1) is 27.9. The van der Waals surface area contributed by atoms with Crippen molar-refractivity contribution in [3.8, 4) is 11.1 Å². The van der Waals surface area contributed by atoms with Crippen molar-refractivity contribution in [2.75, 3.05) is 5.32 Å². The van der Waals surface area contributed by atoms with Crippen LogP contribution in [0.15, 0.2) is 63.2 Å². The molecule has 0 atom stereocenters. The van der Waals surface area contributed by atoms with Crippen LogP contribution in [0.1, 0.15) is 9.75 Å². The summed E-state index contributed by atoms with van der Waals surface area (Å²) in [5.74, 6) is -2.97. The highest BCUT2D eigenvalue weighted by Crippen LogP contribution is 2.38. The van der Waals surface area contributed by atoms with Gasteiger partial charge in [0, 0.05) is 15.5 Å². The molecule has 0 fully saturated rings. The minimum Gasteiger partial charge on any atom is -0.475 e. The van der Waals surface area contributed by atoms with Crippen molar-refractivity contribution in [3.05, 3.63) is 58.3 Å². The number of carboxylic acids is 1. The predicted molar refractivity (Wildman–Crippen MR) is 128 cm³/mol. The van der Waals surface area contributed by atoms with Crippen molar-refractivity contribution < 1.29 is 36.3 Å². The highest BCUT2D eigenvalue weighted by Gasteiger charge is 2.38. The molecule has 1 heterocycles. The number of aryl methyl sites for hydroxylation is 1. The summed E-state index contributed by atoms with van der Waals surface area (Å²) in [5, 5.41) is 17.3. The maximum absolute atomic E-state index is 13.3. The van der Waals surface area contributed by atoms with E-state index in [1.165, 1.54) is 6.07 Å². The minimum atomic E-state index is -5.08. The third kappa shape index (κ3) is 6.61. The lowest BCUT2D eigenvalue weighted by Gasteiger charge is -2.09. The van der Waals surface area contributed by atoms with Crippen molar-refractivity contribution in [1.82, 2.24) is 0 Å². The average molecular weight is 546 g/mol. The van der Waals surface area contributed by atoms with Crippen molar-refractivity contribution in [3.63, 3.8) is 0 Å². The van der Waals surface area contributed by atoms with Crippen LogP contribution in [0.4, 0.5) is 18.9 Å². The van der Waals surface area contributed by atoms with Crippen molar-refractivity contribution in [1.29, 1.82) is 5.41 Å². The molecular formula is C21H18F3N3O5S3. The van der Waals surface area contributed by atoms with Gasteiger partial charge in [-0.25, -0.2) is 13.2 Å². The maximum Gasteiger partial charge on any atom is 0.490 e. The van der Waals surface area contributed by atoms with Gasteiger partial charge in [0.2, 0.25) is 16.2 Å². The Morgan fingerprint density at radius 3 is 2.20 bits per heavy atom. The number of carbonyl (C=O) groups excluding carboxylic acids is 1. The summed E-state index contributed by atoms with van der Waals surface area (Å²) in [6.45, 7) is 1.67. The van der Waals surface area contributed by atoms with Gasteiger partial charge in [0.15, 0.2) is 0 Å². The molecule has 14 heteroatoms. The number of benzene rings is 2. The van der Waals surface area contributed by atoms with Crippen LogP contribution in [-0.4, -0.2) is 37.9 Å². The number of alkyl halides is 3. The maximum atomic E-state index is 13.3. The van der Waals surface area contributed by atoms with E-state index in [4.69, 9.17) is 21.0 Å². The van der Waals surface area contributed by atoms with Crippen LogP contribution >= 0.6 is 24.0 Å². The van der Waals surface area contributed by atoms with Gasteiger partial charge < -0.3 is 16.2 Å². The number of thiol groups is 1. The second-order valence-corrected chi connectivity index (χ2v) is 10.3. The number of hydrogen-bond donors (Lipinski definition) is 5. The number of amidine groups is 1. The summed E-state index contributed by atoms with van der Waals surface area (Å²) in [6, 6.07) is 13.6. The molecule has 0 aliphatic rings. The third-order valence-corrected chi connectivity index (χ3v) is 8.27. The SMILES string of the molecule is Cc1sc(C(=N)N)c(S)c1S(=O)(=O)c1cccc(-c2cccc(NC=O)c2)c1.O=C(O)C(F)(F)F. The van der Waals surface area contributed by atoms with Gasteiger partial charge in [0.25, 0.3) is 0 Å². The molecule has 0 radical (unpaired) electrons. The Morgan fingerprint density at radius 1 is 1.17 bits per heavy atom. The van der Waals surface area contributed by atoms with Gasteiger partial charge in [-0.3, -0.25) is 10.2 Å². The Labute approximate surface area is 207 Å². The zero-order valence-corrected chi connectivity index (χ0v) is 20.3. The number of nitrogens with two attached hydrogens (primary N) is 1. The largest absolute Gasteiger partial charge is 0.490 e. The number of aliphatic carboxylic acids is 1. The van der Waals surface area contributed by atoms with Crippen LogP contribution in [0.25, 0.3) is 11.1 Å². The molecule has 8 nitrogen and oxygen atoms in total. The van der Waals surface area contributed by atoms with Crippen LogP contribution < -0.4 is 11.1 Å². The molecule has 0 saturated carbocycles.